The van der Waals surface area contributed by atoms with Crippen LogP contribution < -0.4 is 15.1 Å². The van der Waals surface area contributed by atoms with Crippen LogP contribution in [0.3, 0.4) is 0 Å². The summed E-state index contributed by atoms with van der Waals surface area (Å²) in [5.41, 5.74) is 3.48. The number of fused-ring (bicyclic) bond motifs is 1. The number of nitrogens with zero attached hydrogens (tertiary/aromatic N) is 3. The predicted molar refractivity (Wildman–Crippen MR) is 149 cm³/mol. The Bertz CT molecular complexity index is 1490. The van der Waals surface area contributed by atoms with Crippen LogP contribution >= 0.6 is 11.3 Å². The normalized spacial score (nSPS) is 15.9. The average Bonchev–Trinajstić information content (AvgIpc) is 3.45. The molecule has 6 rings (SSSR count). The van der Waals surface area contributed by atoms with Crippen molar-refractivity contribution in [3.8, 4) is 0 Å². The Morgan fingerprint density at radius 1 is 0.974 bits per heavy atom. The summed E-state index contributed by atoms with van der Waals surface area (Å²) in [6.07, 6.45) is 3.40. The number of aromatic nitrogens is 1. The van der Waals surface area contributed by atoms with Gasteiger partial charge in [-0.25, -0.2) is 9.78 Å². The molecule has 0 spiro atoms. The van der Waals surface area contributed by atoms with Gasteiger partial charge in [0.15, 0.2) is 5.13 Å². The molecular formula is C30H26N4O4S. The van der Waals surface area contributed by atoms with Crippen molar-refractivity contribution < 1.29 is 19.1 Å². The Labute approximate surface area is 229 Å². The Hall–Kier alpha value is -4.50. The van der Waals surface area contributed by atoms with Crippen LogP contribution in [-0.2, 0) is 22.6 Å². The van der Waals surface area contributed by atoms with Gasteiger partial charge in [0.1, 0.15) is 12.6 Å². The van der Waals surface area contributed by atoms with E-state index in [1.807, 2.05) is 54.6 Å². The second-order valence-corrected chi connectivity index (χ2v) is 10.4. The number of rotatable bonds is 7. The van der Waals surface area contributed by atoms with Gasteiger partial charge in [0.2, 0.25) is 0 Å². The molecule has 0 saturated heterocycles. The van der Waals surface area contributed by atoms with Gasteiger partial charge in [-0.15, -0.1) is 11.3 Å². The number of anilines is 3. The molecule has 9 heteroatoms. The molecule has 0 bridgehead atoms. The molecule has 1 atom stereocenters. The number of hydrogen-bond acceptors (Lipinski definition) is 6. The first-order chi connectivity index (χ1) is 19.1. The third-order valence-corrected chi connectivity index (χ3v) is 7.55. The molecule has 8 nitrogen and oxygen atoms in total. The summed E-state index contributed by atoms with van der Waals surface area (Å²) >= 11 is 1.32. The fraction of sp³-hybridized carbons (Fsp3) is 0.200. The van der Waals surface area contributed by atoms with Gasteiger partial charge in [-0.05, 0) is 54.3 Å². The molecule has 4 aromatic rings. The number of ether oxygens (including phenoxy) is 1. The first kappa shape index (κ1) is 24.8. The van der Waals surface area contributed by atoms with Crippen LogP contribution in [0.2, 0.25) is 0 Å². The maximum atomic E-state index is 14.2. The molecule has 1 aliphatic carbocycles. The number of hydrogen-bond donors (Lipinski definition) is 1. The fourth-order valence-electron chi connectivity index (χ4n) is 4.66. The fourth-order valence-corrected chi connectivity index (χ4v) is 5.33. The molecule has 2 aliphatic rings. The number of thiazole rings is 1. The third-order valence-electron chi connectivity index (χ3n) is 6.79. The topological polar surface area (TPSA) is 91.8 Å². The molecule has 1 fully saturated rings. The maximum absolute atomic E-state index is 14.2. The lowest BCUT2D eigenvalue weighted by molar-refractivity contribution is -0.119. The average molecular weight is 539 g/mol. The van der Waals surface area contributed by atoms with Gasteiger partial charge in [0.05, 0.1) is 11.4 Å². The summed E-state index contributed by atoms with van der Waals surface area (Å²) in [5.74, 6) is -0.442. The molecule has 1 aliphatic heterocycles. The van der Waals surface area contributed by atoms with Gasteiger partial charge < -0.3 is 10.1 Å². The minimum atomic E-state index is -0.826. The van der Waals surface area contributed by atoms with E-state index in [-0.39, 0.29) is 24.5 Å². The maximum Gasteiger partial charge on any atom is 0.415 e. The number of nitrogens with one attached hydrogen (secondary N) is 1. The van der Waals surface area contributed by atoms with Crippen LogP contribution in [-0.4, -0.2) is 35.0 Å². The van der Waals surface area contributed by atoms with E-state index in [4.69, 9.17) is 4.74 Å². The van der Waals surface area contributed by atoms with Gasteiger partial charge in [0, 0.05) is 29.6 Å². The molecule has 2 heterocycles. The Kier molecular flexibility index (Phi) is 6.81. The molecule has 1 aromatic heterocycles. The van der Waals surface area contributed by atoms with Crippen molar-refractivity contribution in [2.45, 2.75) is 38.0 Å². The van der Waals surface area contributed by atoms with E-state index in [0.717, 1.165) is 24.0 Å². The van der Waals surface area contributed by atoms with Crippen molar-refractivity contribution in [1.82, 2.24) is 10.3 Å². The summed E-state index contributed by atoms with van der Waals surface area (Å²) < 4.78 is 5.66. The van der Waals surface area contributed by atoms with Crippen molar-refractivity contribution in [3.63, 3.8) is 0 Å². The van der Waals surface area contributed by atoms with Crippen LogP contribution in [0.4, 0.5) is 21.3 Å². The molecule has 3 aromatic carbocycles. The van der Waals surface area contributed by atoms with Crippen LogP contribution in [0.1, 0.15) is 34.3 Å². The zero-order valence-corrected chi connectivity index (χ0v) is 21.8. The molecule has 1 N–H and O–H groups in total. The van der Waals surface area contributed by atoms with E-state index in [9.17, 15) is 14.4 Å². The van der Waals surface area contributed by atoms with Crippen LogP contribution in [0.15, 0.2) is 90.4 Å². The highest BCUT2D eigenvalue weighted by Gasteiger charge is 2.42. The highest BCUT2D eigenvalue weighted by molar-refractivity contribution is 7.13. The number of carbonyl (C=O) groups excluding carboxylic acids is 3. The molecule has 1 saturated carbocycles. The zero-order chi connectivity index (χ0) is 26.8. The Balaban J connectivity index is 1.29. The monoisotopic (exact) mass is 538 g/mol. The first-order valence-corrected chi connectivity index (χ1v) is 13.7. The smallest absolute Gasteiger partial charge is 0.415 e. The highest BCUT2D eigenvalue weighted by atomic mass is 32.1. The summed E-state index contributed by atoms with van der Waals surface area (Å²) in [7, 11) is 0. The Morgan fingerprint density at radius 3 is 2.44 bits per heavy atom. The first-order valence-electron chi connectivity index (χ1n) is 12.8. The number of amides is 3. The summed E-state index contributed by atoms with van der Waals surface area (Å²) in [5, 5.41) is 5.25. The number of benzene rings is 3. The van der Waals surface area contributed by atoms with Crippen LogP contribution in [0.5, 0.6) is 0 Å². The van der Waals surface area contributed by atoms with E-state index in [0.29, 0.717) is 28.5 Å². The molecular weight excluding hydrogens is 512 g/mol. The van der Waals surface area contributed by atoms with Crippen molar-refractivity contribution >= 4 is 45.8 Å². The van der Waals surface area contributed by atoms with Crippen molar-refractivity contribution in [1.29, 1.82) is 0 Å². The lowest BCUT2D eigenvalue weighted by atomic mass is 10.1. The van der Waals surface area contributed by atoms with Gasteiger partial charge >= 0.3 is 6.09 Å². The van der Waals surface area contributed by atoms with Crippen molar-refractivity contribution in [2.24, 2.45) is 0 Å². The van der Waals surface area contributed by atoms with Crippen LogP contribution in [0.25, 0.3) is 0 Å². The molecule has 3 amide bonds. The number of carbonyl (C=O) groups is 3. The van der Waals surface area contributed by atoms with Gasteiger partial charge in [0.25, 0.3) is 11.8 Å². The van der Waals surface area contributed by atoms with E-state index < -0.39 is 12.1 Å². The third kappa shape index (κ3) is 5.26. The summed E-state index contributed by atoms with van der Waals surface area (Å²) in [6, 6.07) is 23.2. The van der Waals surface area contributed by atoms with Crippen molar-refractivity contribution in [3.05, 3.63) is 107 Å². The highest BCUT2D eigenvalue weighted by Crippen LogP contribution is 2.37. The summed E-state index contributed by atoms with van der Waals surface area (Å²) in [6.45, 7) is 0.0971. The van der Waals surface area contributed by atoms with Gasteiger partial charge in [-0.1, -0.05) is 48.5 Å². The second-order valence-electron chi connectivity index (χ2n) is 9.54. The minimum Gasteiger partial charge on any atom is -0.444 e. The van der Waals surface area contributed by atoms with E-state index >= 15 is 0 Å². The standard InChI is InChI=1S/C30H26N4O4S/c35-27(32-23-12-13-23)21-10-14-24(15-11-21)33(29-31-16-17-39-29)28(36)26-18-22-8-4-5-9-25(22)34(26)30(37)38-19-20-6-2-1-3-7-20/h1-11,14-17,23,26H,12-13,18-19H2,(H,32,35). The molecule has 0 radical (unpaired) electrons. The lowest BCUT2D eigenvalue weighted by Crippen LogP contribution is -2.48. The van der Waals surface area contributed by atoms with Gasteiger partial charge in [-0.2, -0.15) is 0 Å². The SMILES string of the molecule is O=C(NC1CC1)c1ccc(N(C(=O)C2Cc3ccccc3N2C(=O)OCc2ccccc2)c2nccs2)cc1. The predicted octanol–water partition coefficient (Wildman–Crippen LogP) is 5.47. The summed E-state index contributed by atoms with van der Waals surface area (Å²) in [4.78, 5) is 47.5. The molecule has 196 valence electrons. The molecule has 1 unspecified atom stereocenters. The zero-order valence-electron chi connectivity index (χ0n) is 21.0. The molecule has 39 heavy (non-hydrogen) atoms. The lowest BCUT2D eigenvalue weighted by Gasteiger charge is -2.29. The minimum absolute atomic E-state index is 0.0971. The van der Waals surface area contributed by atoms with E-state index in [1.54, 1.807) is 35.8 Å². The van der Waals surface area contributed by atoms with E-state index in [2.05, 4.69) is 10.3 Å². The van der Waals surface area contributed by atoms with Gasteiger partial charge in [-0.3, -0.25) is 19.4 Å². The quantitative estimate of drug-likeness (QED) is 0.337. The van der Waals surface area contributed by atoms with Crippen LogP contribution in [0, 0.1) is 0 Å². The van der Waals surface area contributed by atoms with Crippen molar-refractivity contribution in [2.75, 3.05) is 9.80 Å². The largest absolute Gasteiger partial charge is 0.444 e. The number of para-hydroxylation sites is 1. The second kappa shape index (κ2) is 10.7. The Morgan fingerprint density at radius 2 is 1.72 bits per heavy atom. The van der Waals surface area contributed by atoms with E-state index in [1.165, 1.54) is 21.1 Å².